The van der Waals surface area contributed by atoms with Crippen LogP contribution in [0.1, 0.15) is 13.8 Å². The van der Waals surface area contributed by atoms with Gasteiger partial charge in [-0.3, -0.25) is 4.79 Å². The summed E-state index contributed by atoms with van der Waals surface area (Å²) in [5.74, 6) is -1.53. The van der Waals surface area contributed by atoms with Gasteiger partial charge >= 0.3 is 12.0 Å². The van der Waals surface area contributed by atoms with Crippen molar-refractivity contribution in [2.24, 2.45) is 0 Å². The summed E-state index contributed by atoms with van der Waals surface area (Å²) in [4.78, 5) is 23.8. The van der Waals surface area contributed by atoms with Crippen LogP contribution < -0.4 is 5.32 Å². The first-order chi connectivity index (χ1) is 8.81. The molecule has 0 aliphatic rings. The number of carbonyl (C=O) groups is 2. The highest BCUT2D eigenvalue weighted by atomic mass is 79.9. The predicted octanol–water partition coefficient (Wildman–Crippen LogP) is 2.92. The van der Waals surface area contributed by atoms with Gasteiger partial charge in [0.1, 0.15) is 12.4 Å². The smallest absolute Gasteiger partial charge is 0.323 e. The van der Waals surface area contributed by atoms with E-state index >= 15 is 0 Å². The van der Waals surface area contributed by atoms with E-state index in [-0.39, 0.29) is 6.04 Å². The van der Waals surface area contributed by atoms with Gasteiger partial charge in [-0.05, 0) is 48.0 Å². The fourth-order valence-electron chi connectivity index (χ4n) is 1.41. The van der Waals surface area contributed by atoms with Gasteiger partial charge in [-0.25, -0.2) is 9.18 Å². The van der Waals surface area contributed by atoms with Crippen molar-refractivity contribution in [3.63, 3.8) is 0 Å². The minimum atomic E-state index is -1.10. The maximum atomic E-state index is 12.9. The Morgan fingerprint density at radius 2 is 2.11 bits per heavy atom. The highest BCUT2D eigenvalue weighted by molar-refractivity contribution is 9.10. The molecule has 1 aromatic carbocycles. The molecule has 0 aliphatic heterocycles. The molecule has 19 heavy (non-hydrogen) atoms. The van der Waals surface area contributed by atoms with Crippen molar-refractivity contribution in [3.8, 4) is 0 Å². The fraction of sp³-hybridized carbons (Fsp3) is 0.333. The van der Waals surface area contributed by atoms with Crippen molar-refractivity contribution in [3.05, 3.63) is 28.5 Å². The molecule has 1 rings (SSSR count). The van der Waals surface area contributed by atoms with Crippen LogP contribution in [-0.4, -0.2) is 34.6 Å². The summed E-state index contributed by atoms with van der Waals surface area (Å²) in [7, 11) is 0. The molecule has 0 saturated heterocycles. The summed E-state index contributed by atoms with van der Waals surface area (Å²) in [5, 5.41) is 11.3. The minimum Gasteiger partial charge on any atom is -0.480 e. The fourth-order valence-corrected chi connectivity index (χ4v) is 1.86. The van der Waals surface area contributed by atoms with Crippen LogP contribution in [0.15, 0.2) is 22.7 Å². The Labute approximate surface area is 118 Å². The molecule has 0 atom stereocenters. The van der Waals surface area contributed by atoms with Gasteiger partial charge in [0.2, 0.25) is 0 Å². The summed E-state index contributed by atoms with van der Waals surface area (Å²) < 4.78 is 13.3. The van der Waals surface area contributed by atoms with Gasteiger partial charge < -0.3 is 15.3 Å². The van der Waals surface area contributed by atoms with E-state index < -0.39 is 24.4 Å². The van der Waals surface area contributed by atoms with Crippen LogP contribution in [-0.2, 0) is 4.79 Å². The molecule has 0 radical (unpaired) electrons. The van der Waals surface area contributed by atoms with E-state index in [1.54, 1.807) is 13.8 Å². The quantitative estimate of drug-likeness (QED) is 0.890. The number of hydrogen-bond donors (Lipinski definition) is 2. The number of nitrogens with one attached hydrogen (secondary N) is 1. The topological polar surface area (TPSA) is 69.6 Å². The maximum absolute atomic E-state index is 12.9. The molecule has 0 aromatic heterocycles. The number of hydrogen-bond acceptors (Lipinski definition) is 2. The van der Waals surface area contributed by atoms with Crippen molar-refractivity contribution in [1.82, 2.24) is 4.90 Å². The van der Waals surface area contributed by atoms with Crippen LogP contribution in [0.3, 0.4) is 0 Å². The molecule has 0 spiro atoms. The van der Waals surface area contributed by atoms with E-state index in [0.29, 0.717) is 10.2 Å². The van der Waals surface area contributed by atoms with E-state index in [9.17, 15) is 14.0 Å². The lowest BCUT2D eigenvalue weighted by Crippen LogP contribution is -2.43. The lowest BCUT2D eigenvalue weighted by molar-refractivity contribution is -0.137. The number of carbonyl (C=O) groups excluding carboxylic acids is 1. The van der Waals surface area contributed by atoms with E-state index in [2.05, 4.69) is 21.2 Å². The number of benzene rings is 1. The number of urea groups is 1. The second-order valence-corrected chi connectivity index (χ2v) is 5.02. The largest absolute Gasteiger partial charge is 0.480 e. The average molecular weight is 333 g/mol. The average Bonchev–Trinajstić information content (AvgIpc) is 2.29. The van der Waals surface area contributed by atoms with Crippen LogP contribution in [0.25, 0.3) is 0 Å². The second kappa shape index (κ2) is 6.51. The zero-order chi connectivity index (χ0) is 14.6. The molecule has 0 heterocycles. The van der Waals surface area contributed by atoms with Crippen molar-refractivity contribution in [1.29, 1.82) is 0 Å². The molecule has 5 nitrogen and oxygen atoms in total. The Morgan fingerprint density at radius 3 is 2.58 bits per heavy atom. The van der Waals surface area contributed by atoms with Crippen molar-refractivity contribution >= 4 is 33.6 Å². The molecule has 0 fully saturated rings. The predicted molar refractivity (Wildman–Crippen MR) is 72.6 cm³/mol. The number of nitrogens with zero attached hydrogens (tertiary/aromatic N) is 1. The molecule has 0 saturated carbocycles. The van der Waals surface area contributed by atoms with E-state index in [1.165, 1.54) is 18.2 Å². The van der Waals surface area contributed by atoms with Crippen molar-refractivity contribution in [2.45, 2.75) is 19.9 Å². The summed E-state index contributed by atoms with van der Waals surface area (Å²) in [5.41, 5.74) is 0.377. The van der Waals surface area contributed by atoms with Gasteiger partial charge in [0.15, 0.2) is 0 Å². The maximum Gasteiger partial charge on any atom is 0.323 e. The van der Waals surface area contributed by atoms with Gasteiger partial charge in [-0.2, -0.15) is 0 Å². The number of halogens is 2. The third-order valence-electron chi connectivity index (χ3n) is 2.36. The van der Waals surface area contributed by atoms with Gasteiger partial charge in [-0.1, -0.05) is 0 Å². The first-order valence-corrected chi connectivity index (χ1v) is 6.35. The molecule has 0 aliphatic carbocycles. The Hall–Kier alpha value is -1.63. The first-order valence-electron chi connectivity index (χ1n) is 5.55. The van der Waals surface area contributed by atoms with E-state index in [1.807, 2.05) is 0 Å². The minimum absolute atomic E-state index is 0.268. The lowest BCUT2D eigenvalue weighted by atomic mass is 10.3. The summed E-state index contributed by atoms with van der Waals surface area (Å²) in [6.07, 6.45) is 0. The van der Waals surface area contributed by atoms with Crippen LogP contribution in [0.2, 0.25) is 0 Å². The van der Waals surface area contributed by atoms with Crippen LogP contribution in [0.5, 0.6) is 0 Å². The lowest BCUT2D eigenvalue weighted by Gasteiger charge is -2.25. The summed E-state index contributed by atoms with van der Waals surface area (Å²) in [6, 6.07) is 3.00. The monoisotopic (exact) mass is 332 g/mol. The number of carboxylic acids is 1. The van der Waals surface area contributed by atoms with Gasteiger partial charge in [0.05, 0.1) is 5.69 Å². The van der Waals surface area contributed by atoms with Crippen LogP contribution in [0, 0.1) is 5.82 Å². The summed E-state index contributed by atoms with van der Waals surface area (Å²) in [6.45, 7) is 3.02. The molecular formula is C12H14BrFN2O3. The molecular weight excluding hydrogens is 319 g/mol. The third-order valence-corrected chi connectivity index (χ3v) is 3.02. The molecule has 104 valence electrons. The number of amides is 2. The highest BCUT2D eigenvalue weighted by Gasteiger charge is 2.20. The molecule has 7 heteroatoms. The third kappa shape index (κ3) is 4.51. The molecule has 0 bridgehead atoms. The van der Waals surface area contributed by atoms with Crippen molar-refractivity contribution < 1.29 is 19.1 Å². The zero-order valence-electron chi connectivity index (χ0n) is 10.5. The SMILES string of the molecule is CC(C)N(CC(=O)O)C(=O)Nc1ccc(F)cc1Br. The molecule has 2 amide bonds. The molecule has 1 aromatic rings. The molecule has 0 unspecified atom stereocenters. The zero-order valence-corrected chi connectivity index (χ0v) is 12.1. The number of anilines is 1. The first kappa shape index (κ1) is 15.4. The number of rotatable bonds is 4. The van der Waals surface area contributed by atoms with Gasteiger partial charge in [0.25, 0.3) is 0 Å². The number of aliphatic carboxylic acids is 1. The molecule has 2 N–H and O–H groups in total. The van der Waals surface area contributed by atoms with Gasteiger partial charge in [0, 0.05) is 10.5 Å². The highest BCUT2D eigenvalue weighted by Crippen LogP contribution is 2.23. The van der Waals surface area contributed by atoms with E-state index in [4.69, 9.17) is 5.11 Å². The van der Waals surface area contributed by atoms with Gasteiger partial charge in [-0.15, -0.1) is 0 Å². The van der Waals surface area contributed by atoms with E-state index in [0.717, 1.165) is 4.90 Å². The Bertz CT molecular complexity index is 494. The van der Waals surface area contributed by atoms with Crippen LogP contribution in [0.4, 0.5) is 14.9 Å². The number of carboxylic acid groups (broad SMARTS) is 1. The Morgan fingerprint density at radius 1 is 1.47 bits per heavy atom. The Balaban J connectivity index is 2.84. The second-order valence-electron chi connectivity index (χ2n) is 4.17. The van der Waals surface area contributed by atoms with Crippen molar-refractivity contribution in [2.75, 3.05) is 11.9 Å². The van der Waals surface area contributed by atoms with Crippen LogP contribution >= 0.6 is 15.9 Å². The summed E-state index contributed by atoms with van der Waals surface area (Å²) >= 11 is 3.12. The standard InChI is InChI=1S/C12H14BrFN2O3/c1-7(2)16(6-11(17)18)12(19)15-10-4-3-8(14)5-9(10)13/h3-5,7H,6H2,1-2H3,(H,15,19)(H,17,18). The normalized spacial score (nSPS) is 10.4. The Kier molecular flexibility index (Phi) is 5.29.